The number of hydrogen-bond acceptors (Lipinski definition) is 3. The van der Waals surface area contributed by atoms with E-state index in [0.717, 1.165) is 0 Å². The molecule has 0 spiro atoms. The molecule has 6 nitrogen and oxygen atoms in total. The second-order valence-electron chi connectivity index (χ2n) is 5.18. The van der Waals surface area contributed by atoms with Crippen molar-refractivity contribution in [2.24, 2.45) is 5.11 Å². The monoisotopic (exact) mass is 296 g/mol. The van der Waals surface area contributed by atoms with Crippen LogP contribution in [0.25, 0.3) is 10.4 Å². The summed E-state index contributed by atoms with van der Waals surface area (Å²) in [6.45, 7) is 5.23. The van der Waals surface area contributed by atoms with Gasteiger partial charge < -0.3 is 9.33 Å². The zero-order valence-corrected chi connectivity index (χ0v) is 11.8. The standard InChI is InChI=1S/C9H15F3N4O2Si/c1-19(2,3)18-7-6(14-15-13)4-5-16(7)8(17)9(10,11)12/h6-7H,4-5H2,1-3H3/t6-,7-/m0/s1. The van der Waals surface area contributed by atoms with Crippen LogP contribution in [0.1, 0.15) is 6.42 Å². The normalized spacial score (nSPS) is 24.2. The fourth-order valence-corrected chi connectivity index (χ4v) is 2.82. The SMILES string of the molecule is C[Si](C)(C)O[C@H]1[C@@H](N=[N+]=[N-])CCN1C(=O)C(F)(F)F. The molecule has 0 aromatic rings. The number of carbonyl (C=O) groups excluding carboxylic acids is 1. The predicted molar refractivity (Wildman–Crippen MR) is 63.5 cm³/mol. The number of amides is 1. The van der Waals surface area contributed by atoms with Crippen LogP contribution < -0.4 is 0 Å². The lowest BCUT2D eigenvalue weighted by atomic mass is 10.2. The molecule has 0 saturated carbocycles. The molecular formula is C9H15F3N4O2Si. The van der Waals surface area contributed by atoms with Crippen LogP contribution in [0.15, 0.2) is 5.11 Å². The van der Waals surface area contributed by atoms with Gasteiger partial charge in [-0.25, -0.2) is 0 Å². The number of hydrogen-bond donors (Lipinski definition) is 0. The molecule has 0 aliphatic carbocycles. The summed E-state index contributed by atoms with van der Waals surface area (Å²) < 4.78 is 43.0. The molecule has 1 rings (SSSR count). The van der Waals surface area contributed by atoms with Gasteiger partial charge in [0.2, 0.25) is 0 Å². The molecule has 0 unspecified atom stereocenters. The van der Waals surface area contributed by atoms with Crippen LogP contribution in [0.2, 0.25) is 19.6 Å². The van der Waals surface area contributed by atoms with Crippen molar-refractivity contribution in [2.75, 3.05) is 6.54 Å². The van der Waals surface area contributed by atoms with Gasteiger partial charge in [-0.05, 0) is 31.6 Å². The van der Waals surface area contributed by atoms with E-state index in [0.29, 0.717) is 4.90 Å². The molecule has 1 heterocycles. The van der Waals surface area contributed by atoms with Crippen LogP contribution >= 0.6 is 0 Å². The van der Waals surface area contributed by atoms with E-state index < -0.39 is 32.7 Å². The van der Waals surface area contributed by atoms with Crippen LogP contribution in [-0.2, 0) is 9.22 Å². The topological polar surface area (TPSA) is 78.3 Å². The zero-order valence-electron chi connectivity index (χ0n) is 10.8. The van der Waals surface area contributed by atoms with E-state index in [-0.39, 0.29) is 13.0 Å². The summed E-state index contributed by atoms with van der Waals surface area (Å²) in [5.74, 6) is -1.95. The molecule has 19 heavy (non-hydrogen) atoms. The first-order valence-corrected chi connectivity index (χ1v) is 9.07. The molecular weight excluding hydrogens is 281 g/mol. The summed E-state index contributed by atoms with van der Waals surface area (Å²) >= 11 is 0. The minimum absolute atomic E-state index is 0.128. The largest absolute Gasteiger partial charge is 0.471 e. The quantitative estimate of drug-likeness (QED) is 0.347. The van der Waals surface area contributed by atoms with Gasteiger partial charge in [0.1, 0.15) is 6.23 Å². The Labute approximate surface area is 109 Å². The van der Waals surface area contributed by atoms with Crippen molar-refractivity contribution < 1.29 is 22.4 Å². The summed E-state index contributed by atoms with van der Waals surface area (Å²) in [6, 6.07) is -0.775. The van der Waals surface area contributed by atoms with Gasteiger partial charge in [-0.1, -0.05) is 5.11 Å². The van der Waals surface area contributed by atoms with E-state index in [1.165, 1.54) is 0 Å². The van der Waals surface area contributed by atoms with Gasteiger partial charge in [0.15, 0.2) is 8.32 Å². The number of nitrogens with zero attached hydrogens (tertiary/aromatic N) is 4. The van der Waals surface area contributed by atoms with Crippen molar-refractivity contribution in [3.63, 3.8) is 0 Å². The van der Waals surface area contributed by atoms with E-state index >= 15 is 0 Å². The molecule has 2 atom stereocenters. The van der Waals surface area contributed by atoms with Gasteiger partial charge >= 0.3 is 12.1 Å². The van der Waals surface area contributed by atoms with Crippen molar-refractivity contribution in [1.82, 2.24) is 4.90 Å². The Morgan fingerprint density at radius 1 is 1.47 bits per heavy atom. The third kappa shape index (κ3) is 4.12. The number of carbonyl (C=O) groups is 1. The first-order valence-electron chi connectivity index (χ1n) is 5.66. The van der Waals surface area contributed by atoms with Gasteiger partial charge in [0, 0.05) is 11.5 Å². The summed E-state index contributed by atoms with van der Waals surface area (Å²) in [6.07, 6.45) is -5.91. The Balaban J connectivity index is 2.98. The number of rotatable bonds is 3. The molecule has 0 N–H and O–H groups in total. The van der Waals surface area contributed by atoms with Crippen LogP contribution in [0.4, 0.5) is 13.2 Å². The van der Waals surface area contributed by atoms with E-state index in [4.69, 9.17) is 9.96 Å². The highest BCUT2D eigenvalue weighted by atomic mass is 28.4. The maximum atomic E-state index is 12.5. The first-order chi connectivity index (χ1) is 8.56. The predicted octanol–water partition coefficient (Wildman–Crippen LogP) is 2.64. The van der Waals surface area contributed by atoms with Gasteiger partial charge in [-0.2, -0.15) is 13.2 Å². The highest BCUT2D eigenvalue weighted by molar-refractivity contribution is 6.69. The molecule has 1 saturated heterocycles. The molecule has 1 aliphatic rings. The second kappa shape index (κ2) is 5.39. The number of likely N-dealkylation sites (tertiary alicyclic amines) is 1. The Kier molecular flexibility index (Phi) is 4.49. The van der Waals surface area contributed by atoms with Gasteiger partial charge in [0.05, 0.1) is 6.04 Å². The molecule has 0 aromatic heterocycles. The Morgan fingerprint density at radius 3 is 2.47 bits per heavy atom. The molecule has 1 fully saturated rings. The summed E-state index contributed by atoms with van der Waals surface area (Å²) in [4.78, 5) is 14.5. The van der Waals surface area contributed by atoms with Crippen molar-refractivity contribution >= 4 is 14.2 Å². The van der Waals surface area contributed by atoms with Gasteiger partial charge in [-0.15, -0.1) is 0 Å². The number of azide groups is 1. The molecule has 0 aromatic carbocycles. The van der Waals surface area contributed by atoms with Crippen LogP contribution in [-0.4, -0.2) is 44.1 Å². The minimum atomic E-state index is -4.95. The number of halogens is 3. The lowest BCUT2D eigenvalue weighted by molar-refractivity contribution is -0.191. The molecule has 0 bridgehead atoms. The fraction of sp³-hybridized carbons (Fsp3) is 0.889. The average molecular weight is 296 g/mol. The van der Waals surface area contributed by atoms with E-state index in [1.54, 1.807) is 19.6 Å². The van der Waals surface area contributed by atoms with Gasteiger partial charge in [-0.3, -0.25) is 4.79 Å². The van der Waals surface area contributed by atoms with Crippen molar-refractivity contribution in [1.29, 1.82) is 0 Å². The zero-order chi connectivity index (χ0) is 14.8. The van der Waals surface area contributed by atoms with Gasteiger partial charge in [0.25, 0.3) is 0 Å². The molecule has 108 valence electrons. The third-order valence-electron chi connectivity index (χ3n) is 2.48. The van der Waals surface area contributed by atoms with Crippen LogP contribution in [0.5, 0.6) is 0 Å². The maximum absolute atomic E-state index is 12.5. The number of alkyl halides is 3. The highest BCUT2D eigenvalue weighted by Crippen LogP contribution is 2.29. The summed E-state index contributed by atoms with van der Waals surface area (Å²) in [5, 5.41) is 3.42. The van der Waals surface area contributed by atoms with E-state index in [1.807, 2.05) is 0 Å². The van der Waals surface area contributed by atoms with Crippen molar-refractivity contribution in [3.05, 3.63) is 10.4 Å². The lowest BCUT2D eigenvalue weighted by Gasteiger charge is -2.32. The highest BCUT2D eigenvalue weighted by Gasteiger charge is 2.49. The Bertz CT molecular complexity index is 403. The van der Waals surface area contributed by atoms with Crippen LogP contribution in [0.3, 0.4) is 0 Å². The molecule has 0 radical (unpaired) electrons. The molecule has 1 aliphatic heterocycles. The molecule has 1 amide bonds. The van der Waals surface area contributed by atoms with Crippen LogP contribution in [0, 0.1) is 0 Å². The molecule has 10 heteroatoms. The summed E-state index contributed by atoms with van der Waals surface area (Å²) in [5.41, 5.74) is 8.42. The minimum Gasteiger partial charge on any atom is -0.397 e. The smallest absolute Gasteiger partial charge is 0.397 e. The Hall–Kier alpha value is -1.25. The second-order valence-corrected chi connectivity index (χ2v) is 9.64. The van der Waals surface area contributed by atoms with Crippen molar-refractivity contribution in [3.8, 4) is 0 Å². The lowest BCUT2D eigenvalue weighted by Crippen LogP contribution is -2.50. The average Bonchev–Trinajstić information content (AvgIpc) is 2.57. The Morgan fingerprint density at radius 2 is 2.05 bits per heavy atom. The van der Waals surface area contributed by atoms with E-state index in [9.17, 15) is 18.0 Å². The first kappa shape index (κ1) is 15.8. The maximum Gasteiger partial charge on any atom is 0.471 e. The third-order valence-corrected chi connectivity index (χ3v) is 3.43. The summed E-state index contributed by atoms with van der Waals surface area (Å²) in [7, 11) is -2.18. The fourth-order valence-electron chi connectivity index (χ4n) is 1.81. The van der Waals surface area contributed by atoms with E-state index in [2.05, 4.69) is 10.0 Å². The van der Waals surface area contributed by atoms with Crippen molar-refractivity contribution in [2.45, 2.75) is 44.5 Å².